The van der Waals surface area contributed by atoms with Crippen LogP contribution in [0.25, 0.3) is 0 Å². The number of hydrogen-bond donors (Lipinski definition) is 0. The van der Waals surface area contributed by atoms with E-state index >= 15 is 0 Å². The molecule has 0 aromatic heterocycles. The number of benzene rings is 2. The highest BCUT2D eigenvalue weighted by Crippen LogP contribution is 2.30. The summed E-state index contributed by atoms with van der Waals surface area (Å²) in [5.74, 6) is 0.583. The topological polar surface area (TPSA) is 52.6 Å². The fraction of sp³-hybridized carbons (Fsp3) is 0.200. The number of halogens is 1. The third-order valence-electron chi connectivity index (χ3n) is 3.00. The van der Waals surface area contributed by atoms with Gasteiger partial charge in [0.15, 0.2) is 5.75 Å². The summed E-state index contributed by atoms with van der Waals surface area (Å²) < 4.78 is 35.1. The second kappa shape index (κ2) is 5.95. The van der Waals surface area contributed by atoms with E-state index in [0.717, 1.165) is 5.56 Å². The molecule has 0 saturated carbocycles. The van der Waals surface area contributed by atoms with Gasteiger partial charge in [-0.25, -0.2) is 0 Å². The first-order chi connectivity index (χ1) is 9.85. The molecule has 4 nitrogen and oxygen atoms in total. The van der Waals surface area contributed by atoms with Gasteiger partial charge in [0.2, 0.25) is 0 Å². The highest BCUT2D eigenvalue weighted by atomic mass is 35.5. The van der Waals surface area contributed by atoms with Crippen LogP contribution >= 0.6 is 11.6 Å². The lowest BCUT2D eigenvalue weighted by molar-refractivity contribution is 0.409. The minimum Gasteiger partial charge on any atom is -0.496 e. The Morgan fingerprint density at radius 1 is 1.00 bits per heavy atom. The number of aryl methyl sites for hydroxylation is 2. The van der Waals surface area contributed by atoms with Crippen molar-refractivity contribution in [2.24, 2.45) is 0 Å². The molecule has 2 rings (SSSR count). The molecule has 0 saturated heterocycles. The Morgan fingerprint density at radius 2 is 1.67 bits per heavy atom. The van der Waals surface area contributed by atoms with E-state index in [1.807, 2.05) is 6.92 Å². The van der Waals surface area contributed by atoms with Crippen molar-refractivity contribution in [3.05, 3.63) is 52.5 Å². The van der Waals surface area contributed by atoms with E-state index in [-0.39, 0.29) is 15.7 Å². The smallest absolute Gasteiger partial charge is 0.339 e. The molecule has 0 unspecified atom stereocenters. The van der Waals surface area contributed by atoms with Crippen LogP contribution in [0.15, 0.2) is 41.3 Å². The summed E-state index contributed by atoms with van der Waals surface area (Å²) in [6.07, 6.45) is 0. The summed E-state index contributed by atoms with van der Waals surface area (Å²) in [6, 6.07) is 9.61. The Bertz CT molecular complexity index is 769. The van der Waals surface area contributed by atoms with Crippen molar-refractivity contribution < 1.29 is 17.3 Å². The highest BCUT2D eigenvalue weighted by molar-refractivity contribution is 7.87. The van der Waals surface area contributed by atoms with Gasteiger partial charge >= 0.3 is 10.1 Å². The molecule has 2 aromatic carbocycles. The fourth-order valence-corrected chi connectivity index (χ4v) is 3.37. The van der Waals surface area contributed by atoms with Gasteiger partial charge in [0, 0.05) is 6.07 Å². The predicted octanol–water partition coefficient (Wildman–Crippen LogP) is 3.73. The summed E-state index contributed by atoms with van der Waals surface area (Å²) in [6.45, 7) is 3.55. The third kappa shape index (κ3) is 3.31. The van der Waals surface area contributed by atoms with E-state index in [1.54, 1.807) is 31.2 Å². The lowest BCUT2D eigenvalue weighted by Crippen LogP contribution is -2.12. The van der Waals surface area contributed by atoms with Crippen molar-refractivity contribution in [3.63, 3.8) is 0 Å². The summed E-state index contributed by atoms with van der Waals surface area (Å²) in [4.78, 5) is 0.0601. The molecule has 112 valence electrons. The van der Waals surface area contributed by atoms with E-state index in [2.05, 4.69) is 0 Å². The first-order valence-corrected chi connectivity index (χ1v) is 7.98. The highest BCUT2D eigenvalue weighted by Gasteiger charge is 2.22. The van der Waals surface area contributed by atoms with Gasteiger partial charge in [-0.05, 0) is 37.1 Å². The average Bonchev–Trinajstić information content (AvgIpc) is 2.41. The number of ether oxygens (including phenoxy) is 1. The van der Waals surface area contributed by atoms with E-state index in [4.69, 9.17) is 20.5 Å². The van der Waals surface area contributed by atoms with Gasteiger partial charge in [0.25, 0.3) is 0 Å². The molecule has 0 atom stereocenters. The summed E-state index contributed by atoms with van der Waals surface area (Å²) in [5, 5.41) is 0.234. The molecular formula is C15H15ClO4S. The lowest BCUT2D eigenvalue weighted by Gasteiger charge is -2.13. The summed E-state index contributed by atoms with van der Waals surface area (Å²) in [7, 11) is -2.49. The van der Waals surface area contributed by atoms with Gasteiger partial charge in [0.1, 0.15) is 10.6 Å². The van der Waals surface area contributed by atoms with Gasteiger partial charge in [-0.3, -0.25) is 0 Å². The van der Waals surface area contributed by atoms with Crippen LogP contribution in [0.1, 0.15) is 11.1 Å². The standard InChI is InChI=1S/C15H15ClO4S/c1-10-8-11(2)15(9-14(10)19-3)21(17,18)20-13-7-5-4-6-12(13)16/h4-9H,1-3H3. The largest absolute Gasteiger partial charge is 0.496 e. The molecule has 0 amide bonds. The monoisotopic (exact) mass is 326 g/mol. The normalized spacial score (nSPS) is 11.2. The van der Waals surface area contributed by atoms with Crippen LogP contribution in [0, 0.1) is 13.8 Å². The van der Waals surface area contributed by atoms with Crippen LogP contribution in [0.3, 0.4) is 0 Å². The van der Waals surface area contributed by atoms with E-state index in [1.165, 1.54) is 19.2 Å². The third-order valence-corrected chi connectivity index (χ3v) is 4.69. The van der Waals surface area contributed by atoms with Crippen molar-refractivity contribution in [1.29, 1.82) is 0 Å². The molecule has 0 spiro atoms. The van der Waals surface area contributed by atoms with Crippen molar-refractivity contribution in [1.82, 2.24) is 0 Å². The average molecular weight is 327 g/mol. The minimum atomic E-state index is -3.98. The maximum atomic E-state index is 12.4. The van der Waals surface area contributed by atoms with Gasteiger partial charge in [-0.1, -0.05) is 29.8 Å². The molecule has 6 heteroatoms. The molecule has 0 heterocycles. The minimum absolute atomic E-state index is 0.0601. The fourth-order valence-electron chi connectivity index (χ4n) is 1.98. The van der Waals surface area contributed by atoms with Crippen LogP contribution in [0.4, 0.5) is 0 Å². The zero-order chi connectivity index (χ0) is 15.6. The van der Waals surface area contributed by atoms with Crippen molar-refractivity contribution in [2.75, 3.05) is 7.11 Å². The Hall–Kier alpha value is -1.72. The molecule has 0 fully saturated rings. The maximum absolute atomic E-state index is 12.4. The Labute approximate surface area is 129 Å². The second-order valence-corrected chi connectivity index (χ2v) is 6.48. The Kier molecular flexibility index (Phi) is 4.44. The van der Waals surface area contributed by atoms with Crippen LogP contribution in [-0.2, 0) is 10.1 Å². The number of para-hydroxylation sites is 1. The van der Waals surface area contributed by atoms with Crippen LogP contribution in [0.2, 0.25) is 5.02 Å². The van der Waals surface area contributed by atoms with Crippen LogP contribution < -0.4 is 8.92 Å². The Morgan fingerprint density at radius 3 is 2.29 bits per heavy atom. The predicted molar refractivity (Wildman–Crippen MR) is 81.7 cm³/mol. The van der Waals surface area contributed by atoms with Gasteiger partial charge < -0.3 is 8.92 Å². The van der Waals surface area contributed by atoms with Gasteiger partial charge in [-0.15, -0.1) is 0 Å². The molecule has 0 aliphatic heterocycles. The lowest BCUT2D eigenvalue weighted by atomic mass is 10.1. The molecule has 2 aromatic rings. The van der Waals surface area contributed by atoms with Crippen molar-refractivity contribution in [2.45, 2.75) is 18.7 Å². The van der Waals surface area contributed by atoms with Crippen LogP contribution in [0.5, 0.6) is 11.5 Å². The number of rotatable bonds is 4. The van der Waals surface area contributed by atoms with Gasteiger partial charge in [-0.2, -0.15) is 8.42 Å². The first-order valence-electron chi connectivity index (χ1n) is 6.19. The van der Waals surface area contributed by atoms with Gasteiger partial charge in [0.05, 0.1) is 12.1 Å². The van der Waals surface area contributed by atoms with Crippen molar-refractivity contribution >= 4 is 21.7 Å². The molecule has 0 N–H and O–H groups in total. The summed E-state index contributed by atoms with van der Waals surface area (Å²) in [5.41, 5.74) is 1.44. The molecule has 0 bridgehead atoms. The maximum Gasteiger partial charge on any atom is 0.339 e. The van der Waals surface area contributed by atoms with E-state index in [0.29, 0.717) is 11.3 Å². The first kappa shape index (κ1) is 15.7. The zero-order valence-electron chi connectivity index (χ0n) is 11.9. The molecule has 21 heavy (non-hydrogen) atoms. The second-order valence-electron chi connectivity index (χ2n) is 4.56. The molecule has 0 aliphatic rings. The quantitative estimate of drug-likeness (QED) is 0.803. The zero-order valence-corrected chi connectivity index (χ0v) is 13.5. The van der Waals surface area contributed by atoms with E-state index in [9.17, 15) is 8.42 Å². The number of hydrogen-bond acceptors (Lipinski definition) is 4. The summed E-state index contributed by atoms with van der Waals surface area (Å²) >= 11 is 5.93. The molecule has 0 aliphatic carbocycles. The van der Waals surface area contributed by atoms with Crippen molar-refractivity contribution in [3.8, 4) is 11.5 Å². The van der Waals surface area contributed by atoms with Crippen LogP contribution in [-0.4, -0.2) is 15.5 Å². The Balaban J connectivity index is 2.47. The number of methoxy groups -OCH3 is 1. The molecule has 0 radical (unpaired) electrons. The SMILES string of the molecule is COc1cc(S(=O)(=O)Oc2ccccc2Cl)c(C)cc1C. The van der Waals surface area contributed by atoms with E-state index < -0.39 is 10.1 Å². The molecular weight excluding hydrogens is 312 g/mol.